The highest BCUT2D eigenvalue weighted by Gasteiger charge is 2.20. The van der Waals surface area contributed by atoms with Gasteiger partial charge in [-0.2, -0.15) is 0 Å². The van der Waals surface area contributed by atoms with E-state index in [0.29, 0.717) is 0 Å². The lowest BCUT2D eigenvalue weighted by Crippen LogP contribution is -2.45. The third-order valence-corrected chi connectivity index (χ3v) is 4.00. The monoisotopic (exact) mass is 199 g/mol. The van der Waals surface area contributed by atoms with Gasteiger partial charge in [0.1, 0.15) is 0 Å². The fourth-order valence-electron chi connectivity index (χ4n) is 2.20. The molecule has 2 heteroatoms. The topological polar surface area (TPSA) is 12.0 Å². The molecule has 0 bridgehead atoms. The van der Waals surface area contributed by atoms with Crippen LogP contribution in [0.3, 0.4) is 0 Å². The minimum absolute atomic E-state index is 0.944. The molecule has 0 spiro atoms. The number of hydrogen-bond acceptors (Lipinski definition) is 1. The summed E-state index contributed by atoms with van der Waals surface area (Å²) in [7, 11) is 2.39. The average Bonchev–Trinajstić information content (AvgIpc) is 2.27. The molecule has 1 heterocycles. The zero-order valence-electron chi connectivity index (χ0n) is 10.2. The van der Waals surface area contributed by atoms with Gasteiger partial charge in [-0.1, -0.05) is 0 Å². The number of rotatable bonds is 5. The molecule has 0 saturated carbocycles. The fourth-order valence-corrected chi connectivity index (χ4v) is 2.20. The van der Waals surface area contributed by atoms with Gasteiger partial charge in [-0.15, -0.1) is 0 Å². The van der Waals surface area contributed by atoms with E-state index in [1.54, 1.807) is 0 Å². The summed E-state index contributed by atoms with van der Waals surface area (Å²) in [6, 6.07) is 0. The second-order valence-electron chi connectivity index (χ2n) is 4.98. The second-order valence-corrected chi connectivity index (χ2v) is 4.98. The Balaban J connectivity index is 2.23. The Kier molecular flexibility index (Phi) is 4.90. The van der Waals surface area contributed by atoms with Gasteiger partial charge in [0.25, 0.3) is 0 Å². The van der Waals surface area contributed by atoms with E-state index in [4.69, 9.17) is 0 Å². The molecule has 84 valence electrons. The van der Waals surface area contributed by atoms with Crippen LogP contribution in [0.2, 0.25) is 0 Å². The maximum absolute atomic E-state index is 3.50. The number of nitrogens with one attached hydrogen (secondary N) is 1. The summed E-state index contributed by atoms with van der Waals surface area (Å²) >= 11 is 0. The molecule has 0 aromatic heterocycles. The first-order chi connectivity index (χ1) is 6.70. The Labute approximate surface area is 89.3 Å². The third kappa shape index (κ3) is 3.58. The number of hydrogen-bond donors (Lipinski definition) is 1. The molecule has 1 atom stereocenters. The summed E-state index contributed by atoms with van der Waals surface area (Å²) in [6.07, 6.45) is 4.23. The summed E-state index contributed by atoms with van der Waals surface area (Å²) in [4.78, 5) is 0. The van der Waals surface area contributed by atoms with Crippen molar-refractivity contribution in [1.29, 1.82) is 0 Å². The lowest BCUT2D eigenvalue weighted by molar-refractivity contribution is -0.906. The number of nitrogens with zero attached hydrogens (tertiary/aromatic N) is 1. The van der Waals surface area contributed by atoms with Gasteiger partial charge in [-0.05, 0) is 45.7 Å². The van der Waals surface area contributed by atoms with Gasteiger partial charge in [-0.25, -0.2) is 0 Å². The Morgan fingerprint density at radius 2 is 2.00 bits per heavy atom. The van der Waals surface area contributed by atoms with Gasteiger partial charge in [0.2, 0.25) is 0 Å². The standard InChI is InChI=1S/C12H27N2/c1-4-14(3,5-2)10-8-12-7-6-9-13-11-12/h12-13H,4-11H2,1-3H3/q+1. The summed E-state index contributed by atoms with van der Waals surface area (Å²) < 4.78 is 1.25. The predicted octanol–water partition coefficient (Wildman–Crippen LogP) is 1.86. The lowest BCUT2D eigenvalue weighted by atomic mass is 9.95. The highest BCUT2D eigenvalue weighted by atomic mass is 15.3. The molecule has 2 nitrogen and oxygen atoms in total. The maximum Gasteiger partial charge on any atom is 0.0787 e. The summed E-state index contributed by atoms with van der Waals surface area (Å²) in [6.45, 7) is 11.0. The highest BCUT2D eigenvalue weighted by Crippen LogP contribution is 2.16. The van der Waals surface area contributed by atoms with Crippen molar-refractivity contribution in [2.24, 2.45) is 5.92 Å². The smallest absolute Gasteiger partial charge is 0.0787 e. The van der Waals surface area contributed by atoms with Crippen LogP contribution in [0.4, 0.5) is 0 Å². The van der Waals surface area contributed by atoms with Crippen LogP contribution in [0.25, 0.3) is 0 Å². The summed E-state index contributed by atoms with van der Waals surface area (Å²) in [5.41, 5.74) is 0. The molecule has 0 radical (unpaired) electrons. The first-order valence-corrected chi connectivity index (χ1v) is 6.24. The molecule has 1 N–H and O–H groups in total. The van der Waals surface area contributed by atoms with Gasteiger partial charge in [0.15, 0.2) is 0 Å². The van der Waals surface area contributed by atoms with Crippen molar-refractivity contribution in [3.05, 3.63) is 0 Å². The van der Waals surface area contributed by atoms with E-state index >= 15 is 0 Å². The van der Waals surface area contributed by atoms with Crippen LogP contribution in [0.15, 0.2) is 0 Å². The van der Waals surface area contributed by atoms with E-state index in [0.717, 1.165) is 5.92 Å². The predicted molar refractivity (Wildman–Crippen MR) is 62.3 cm³/mol. The molecule has 0 aromatic carbocycles. The fraction of sp³-hybridized carbons (Fsp3) is 1.00. The molecular formula is C12H27N2+. The number of piperidine rings is 1. The van der Waals surface area contributed by atoms with Crippen molar-refractivity contribution >= 4 is 0 Å². The van der Waals surface area contributed by atoms with Crippen molar-refractivity contribution in [2.75, 3.05) is 39.8 Å². The Bertz CT molecular complexity index is 146. The molecule has 0 aliphatic carbocycles. The summed E-state index contributed by atoms with van der Waals surface area (Å²) in [5, 5.41) is 3.50. The van der Waals surface area contributed by atoms with E-state index in [9.17, 15) is 0 Å². The molecule has 1 aliphatic rings. The van der Waals surface area contributed by atoms with Crippen molar-refractivity contribution in [1.82, 2.24) is 5.32 Å². The van der Waals surface area contributed by atoms with Gasteiger partial charge in [0, 0.05) is 6.42 Å². The second kappa shape index (κ2) is 5.72. The van der Waals surface area contributed by atoms with Crippen LogP contribution < -0.4 is 5.32 Å². The minimum Gasteiger partial charge on any atom is -0.326 e. The van der Waals surface area contributed by atoms with Crippen LogP contribution in [-0.2, 0) is 0 Å². The van der Waals surface area contributed by atoms with E-state index in [1.165, 1.54) is 56.5 Å². The Morgan fingerprint density at radius 1 is 1.29 bits per heavy atom. The van der Waals surface area contributed by atoms with Crippen LogP contribution in [0, 0.1) is 5.92 Å². The molecular weight excluding hydrogens is 172 g/mol. The molecule has 1 saturated heterocycles. The van der Waals surface area contributed by atoms with Gasteiger partial charge in [0.05, 0.1) is 26.7 Å². The van der Waals surface area contributed by atoms with E-state index in [1.807, 2.05) is 0 Å². The van der Waals surface area contributed by atoms with Crippen LogP contribution in [0.5, 0.6) is 0 Å². The third-order valence-electron chi connectivity index (χ3n) is 4.00. The Hall–Kier alpha value is -0.0800. The molecule has 1 unspecified atom stereocenters. The van der Waals surface area contributed by atoms with E-state index in [-0.39, 0.29) is 0 Å². The molecule has 1 aliphatic heterocycles. The summed E-state index contributed by atoms with van der Waals surface area (Å²) in [5.74, 6) is 0.944. The highest BCUT2D eigenvalue weighted by molar-refractivity contribution is 4.68. The molecule has 1 fully saturated rings. The van der Waals surface area contributed by atoms with Crippen molar-refractivity contribution in [2.45, 2.75) is 33.1 Å². The largest absolute Gasteiger partial charge is 0.326 e. The first-order valence-electron chi connectivity index (χ1n) is 6.24. The molecule has 0 aromatic rings. The lowest BCUT2D eigenvalue weighted by Gasteiger charge is -2.34. The van der Waals surface area contributed by atoms with Crippen molar-refractivity contribution < 1.29 is 4.48 Å². The Morgan fingerprint density at radius 3 is 2.50 bits per heavy atom. The van der Waals surface area contributed by atoms with Crippen LogP contribution in [-0.4, -0.2) is 44.3 Å². The quantitative estimate of drug-likeness (QED) is 0.667. The number of quaternary nitrogens is 1. The average molecular weight is 199 g/mol. The zero-order valence-corrected chi connectivity index (χ0v) is 10.2. The normalized spacial score (nSPS) is 23.8. The first kappa shape index (κ1) is 12.0. The molecule has 0 amide bonds. The van der Waals surface area contributed by atoms with Gasteiger partial charge < -0.3 is 9.80 Å². The van der Waals surface area contributed by atoms with E-state index < -0.39 is 0 Å². The minimum atomic E-state index is 0.944. The maximum atomic E-state index is 3.50. The van der Waals surface area contributed by atoms with Crippen molar-refractivity contribution in [3.63, 3.8) is 0 Å². The van der Waals surface area contributed by atoms with Crippen LogP contribution >= 0.6 is 0 Å². The van der Waals surface area contributed by atoms with Gasteiger partial charge in [-0.3, -0.25) is 0 Å². The molecule has 14 heavy (non-hydrogen) atoms. The van der Waals surface area contributed by atoms with Gasteiger partial charge >= 0.3 is 0 Å². The molecule has 1 rings (SSSR count). The zero-order chi connectivity index (χ0) is 10.4. The van der Waals surface area contributed by atoms with Crippen LogP contribution in [0.1, 0.15) is 33.1 Å². The van der Waals surface area contributed by atoms with E-state index in [2.05, 4.69) is 26.2 Å². The SMILES string of the molecule is CC[N+](C)(CC)CCC1CCCNC1. The van der Waals surface area contributed by atoms with Crippen molar-refractivity contribution in [3.8, 4) is 0 Å².